The molecule has 0 radical (unpaired) electrons. The number of halogens is 1. The number of rotatable bonds is 5. The molecule has 0 fully saturated rings. The molecule has 134 valence electrons. The molecule has 2 rings (SSSR count). The zero-order valence-electron chi connectivity index (χ0n) is 13.1. The van der Waals surface area contributed by atoms with Crippen LogP contribution in [-0.4, -0.2) is 18.9 Å². The van der Waals surface area contributed by atoms with Crippen LogP contribution in [0.4, 0.5) is 17.1 Å². The molecule has 1 amide bonds. The van der Waals surface area contributed by atoms with E-state index in [-0.39, 0.29) is 16.2 Å². The van der Waals surface area contributed by atoms with Gasteiger partial charge in [0.1, 0.15) is 11.6 Å². The van der Waals surface area contributed by atoms with Crippen LogP contribution in [0.15, 0.2) is 59.1 Å². The van der Waals surface area contributed by atoms with Gasteiger partial charge in [0.2, 0.25) is 0 Å². The molecule has 10 heteroatoms. The second-order valence-corrected chi connectivity index (χ2v) is 6.83. The standard InChI is InChI=1S/C16H13ClN4O4S/c17-14-7-12(3-6-15(14)19)20-9-10(8-18)16(22)21-11-1-4-13(5-2-11)26(23,24)25/h1-7,9,20H,19H2,(H,21,22)(H,23,24,25)/b10-9-. The van der Waals surface area contributed by atoms with Gasteiger partial charge in [0.15, 0.2) is 0 Å². The number of anilines is 3. The molecule has 0 spiro atoms. The maximum absolute atomic E-state index is 12.1. The van der Waals surface area contributed by atoms with Crippen molar-refractivity contribution in [3.8, 4) is 6.07 Å². The molecule has 0 aliphatic rings. The Bertz CT molecular complexity index is 1010. The zero-order chi connectivity index (χ0) is 19.3. The maximum Gasteiger partial charge on any atom is 0.294 e. The van der Waals surface area contributed by atoms with Crippen LogP contribution >= 0.6 is 11.6 Å². The predicted octanol–water partition coefficient (Wildman–Crippen LogP) is 2.63. The van der Waals surface area contributed by atoms with Crippen LogP contribution < -0.4 is 16.4 Å². The summed E-state index contributed by atoms with van der Waals surface area (Å²) in [7, 11) is -4.32. The summed E-state index contributed by atoms with van der Waals surface area (Å²) in [6.45, 7) is 0. The van der Waals surface area contributed by atoms with E-state index in [1.807, 2.05) is 0 Å². The van der Waals surface area contributed by atoms with Crippen molar-refractivity contribution < 1.29 is 17.8 Å². The van der Waals surface area contributed by atoms with E-state index in [2.05, 4.69) is 10.6 Å². The van der Waals surface area contributed by atoms with Crippen LogP contribution in [0.2, 0.25) is 5.02 Å². The lowest BCUT2D eigenvalue weighted by atomic mass is 10.2. The first-order valence-corrected chi connectivity index (χ1v) is 8.83. The van der Waals surface area contributed by atoms with Crippen molar-refractivity contribution in [1.82, 2.24) is 0 Å². The summed E-state index contributed by atoms with van der Waals surface area (Å²) in [5, 5.41) is 14.6. The molecule has 0 saturated heterocycles. The number of hydrogen-bond donors (Lipinski definition) is 4. The Morgan fingerprint density at radius 3 is 2.35 bits per heavy atom. The van der Waals surface area contributed by atoms with Gasteiger partial charge in [-0.1, -0.05) is 11.6 Å². The first-order valence-electron chi connectivity index (χ1n) is 7.01. The summed E-state index contributed by atoms with van der Waals surface area (Å²) in [4.78, 5) is 11.8. The average Bonchev–Trinajstić information content (AvgIpc) is 2.58. The third-order valence-corrected chi connectivity index (χ3v) is 4.35. The molecular weight excluding hydrogens is 380 g/mol. The van der Waals surface area contributed by atoms with Gasteiger partial charge in [-0.3, -0.25) is 9.35 Å². The van der Waals surface area contributed by atoms with E-state index in [1.165, 1.54) is 24.4 Å². The molecule has 0 aliphatic heterocycles. The lowest BCUT2D eigenvalue weighted by Crippen LogP contribution is -2.14. The van der Waals surface area contributed by atoms with Crippen molar-refractivity contribution in [1.29, 1.82) is 5.26 Å². The second-order valence-electron chi connectivity index (χ2n) is 5.00. The van der Waals surface area contributed by atoms with Crippen molar-refractivity contribution >= 4 is 44.7 Å². The number of carbonyl (C=O) groups is 1. The fourth-order valence-electron chi connectivity index (χ4n) is 1.83. The molecule has 0 saturated carbocycles. The van der Waals surface area contributed by atoms with Gasteiger partial charge in [0.05, 0.1) is 15.6 Å². The predicted molar refractivity (Wildman–Crippen MR) is 98.1 cm³/mol. The number of hydrogen-bond acceptors (Lipinski definition) is 6. The molecule has 2 aromatic rings. The number of amides is 1. The lowest BCUT2D eigenvalue weighted by molar-refractivity contribution is -0.112. The van der Waals surface area contributed by atoms with Crippen molar-refractivity contribution in [3.05, 3.63) is 59.3 Å². The van der Waals surface area contributed by atoms with Gasteiger partial charge >= 0.3 is 0 Å². The Hall–Kier alpha value is -3.06. The van der Waals surface area contributed by atoms with Crippen LogP contribution in [0, 0.1) is 11.3 Å². The minimum atomic E-state index is -4.32. The highest BCUT2D eigenvalue weighted by Gasteiger charge is 2.12. The number of nitriles is 1. The normalized spacial score (nSPS) is 11.5. The Balaban J connectivity index is 2.10. The Labute approximate surface area is 154 Å². The SMILES string of the molecule is N#C/C(=C/Nc1ccc(N)c(Cl)c1)C(=O)Nc1ccc(S(=O)(=O)O)cc1. The quantitative estimate of drug-likeness (QED) is 0.265. The highest BCUT2D eigenvalue weighted by Crippen LogP contribution is 2.22. The van der Waals surface area contributed by atoms with Gasteiger partial charge in [-0.2, -0.15) is 13.7 Å². The molecule has 8 nitrogen and oxygen atoms in total. The van der Waals surface area contributed by atoms with Gasteiger partial charge < -0.3 is 16.4 Å². The summed E-state index contributed by atoms with van der Waals surface area (Å²) in [5.41, 5.74) is 6.55. The fourth-order valence-corrected chi connectivity index (χ4v) is 2.49. The highest BCUT2D eigenvalue weighted by atomic mass is 35.5. The van der Waals surface area contributed by atoms with Crippen LogP contribution in [0.1, 0.15) is 0 Å². The Kier molecular flexibility index (Phi) is 5.84. The molecule has 5 N–H and O–H groups in total. The summed E-state index contributed by atoms with van der Waals surface area (Å²) in [6, 6.07) is 11.3. The van der Waals surface area contributed by atoms with E-state index < -0.39 is 16.0 Å². The number of nitrogens with one attached hydrogen (secondary N) is 2. The average molecular weight is 393 g/mol. The van der Waals surface area contributed by atoms with Crippen molar-refractivity contribution in [3.63, 3.8) is 0 Å². The van der Waals surface area contributed by atoms with Crippen LogP contribution in [-0.2, 0) is 14.9 Å². The monoisotopic (exact) mass is 392 g/mol. The van der Waals surface area contributed by atoms with Gasteiger partial charge in [-0.25, -0.2) is 0 Å². The maximum atomic E-state index is 12.1. The van der Waals surface area contributed by atoms with Crippen LogP contribution in [0.3, 0.4) is 0 Å². The van der Waals surface area contributed by atoms with E-state index >= 15 is 0 Å². The second kappa shape index (κ2) is 7.88. The van der Waals surface area contributed by atoms with E-state index in [1.54, 1.807) is 18.2 Å². The Morgan fingerprint density at radius 2 is 1.81 bits per heavy atom. The largest absolute Gasteiger partial charge is 0.398 e. The molecule has 0 heterocycles. The molecule has 0 bridgehead atoms. The molecule has 0 aromatic heterocycles. The molecule has 0 aliphatic carbocycles. The third-order valence-electron chi connectivity index (χ3n) is 3.16. The smallest absolute Gasteiger partial charge is 0.294 e. The number of carbonyl (C=O) groups excluding carboxylic acids is 1. The number of nitrogens with two attached hydrogens (primary N) is 1. The van der Waals surface area contributed by atoms with E-state index in [0.717, 1.165) is 12.1 Å². The van der Waals surface area contributed by atoms with Crippen LogP contribution in [0.5, 0.6) is 0 Å². The number of nitrogens with zero attached hydrogens (tertiary/aromatic N) is 1. The van der Waals surface area contributed by atoms with Crippen molar-refractivity contribution in [2.45, 2.75) is 4.90 Å². The summed E-state index contributed by atoms with van der Waals surface area (Å²) >= 11 is 5.89. The van der Waals surface area contributed by atoms with Gasteiger partial charge in [0.25, 0.3) is 16.0 Å². The molecule has 26 heavy (non-hydrogen) atoms. The first-order chi connectivity index (χ1) is 12.2. The molecule has 0 unspecified atom stereocenters. The summed E-state index contributed by atoms with van der Waals surface area (Å²) in [5.74, 6) is -0.707. The summed E-state index contributed by atoms with van der Waals surface area (Å²) < 4.78 is 30.9. The molecular formula is C16H13ClN4O4S. The van der Waals surface area contributed by atoms with Gasteiger partial charge in [-0.05, 0) is 42.5 Å². The van der Waals surface area contributed by atoms with Crippen LogP contribution in [0.25, 0.3) is 0 Å². The number of nitrogen functional groups attached to an aromatic ring is 1. The van der Waals surface area contributed by atoms with Gasteiger partial charge in [-0.15, -0.1) is 0 Å². The summed E-state index contributed by atoms with van der Waals surface area (Å²) in [6.07, 6.45) is 1.20. The topological polar surface area (TPSA) is 145 Å². The first kappa shape index (κ1) is 19.3. The highest BCUT2D eigenvalue weighted by molar-refractivity contribution is 7.85. The zero-order valence-corrected chi connectivity index (χ0v) is 14.7. The minimum Gasteiger partial charge on any atom is -0.398 e. The van der Waals surface area contributed by atoms with Crippen molar-refractivity contribution in [2.75, 3.05) is 16.4 Å². The fraction of sp³-hybridized carbons (Fsp3) is 0. The number of benzene rings is 2. The van der Waals surface area contributed by atoms with Crippen molar-refractivity contribution in [2.24, 2.45) is 0 Å². The minimum absolute atomic E-state index is 0.225. The van der Waals surface area contributed by atoms with E-state index in [4.69, 9.17) is 27.1 Å². The lowest BCUT2D eigenvalue weighted by Gasteiger charge is -2.06. The van der Waals surface area contributed by atoms with Gasteiger partial charge in [0, 0.05) is 17.6 Å². The van der Waals surface area contributed by atoms with E-state index in [0.29, 0.717) is 16.4 Å². The Morgan fingerprint density at radius 1 is 1.19 bits per heavy atom. The van der Waals surface area contributed by atoms with E-state index in [9.17, 15) is 13.2 Å². The molecule has 2 aromatic carbocycles. The molecule has 0 atom stereocenters. The third kappa shape index (κ3) is 4.97.